The van der Waals surface area contributed by atoms with Crippen molar-refractivity contribution in [3.05, 3.63) is 51.8 Å². The Labute approximate surface area is 104 Å². The number of aryl methyl sites for hydroxylation is 1. The van der Waals surface area contributed by atoms with E-state index in [0.717, 1.165) is 5.56 Å². The van der Waals surface area contributed by atoms with Crippen LogP contribution in [0.1, 0.15) is 24.3 Å². The number of hydrogen-bond donors (Lipinski definition) is 1. The van der Waals surface area contributed by atoms with E-state index in [-0.39, 0.29) is 11.7 Å². The molecule has 94 valence electrons. The smallest absolute Gasteiger partial charge is 0.272 e. The molecule has 0 radical (unpaired) electrons. The first-order chi connectivity index (χ1) is 8.49. The first-order valence-corrected chi connectivity index (χ1v) is 5.60. The zero-order valence-corrected chi connectivity index (χ0v) is 10.2. The van der Waals surface area contributed by atoms with Crippen LogP contribution in [0.3, 0.4) is 0 Å². The Bertz CT molecular complexity index is 588. The summed E-state index contributed by atoms with van der Waals surface area (Å²) in [7, 11) is 0. The molecule has 18 heavy (non-hydrogen) atoms. The molecule has 1 atom stereocenters. The van der Waals surface area contributed by atoms with Gasteiger partial charge in [-0.25, -0.2) is 0 Å². The summed E-state index contributed by atoms with van der Waals surface area (Å²) in [5.41, 5.74) is 7.24. The Morgan fingerprint density at radius 1 is 1.33 bits per heavy atom. The highest BCUT2D eigenvalue weighted by atomic mass is 16.6. The van der Waals surface area contributed by atoms with E-state index in [0.29, 0.717) is 17.1 Å². The van der Waals surface area contributed by atoms with Gasteiger partial charge < -0.3 is 10.2 Å². The number of nitrogens with zero attached hydrogens (tertiary/aromatic N) is 1. The lowest BCUT2D eigenvalue weighted by molar-refractivity contribution is -0.385. The van der Waals surface area contributed by atoms with Crippen molar-refractivity contribution >= 4 is 5.69 Å². The number of furan rings is 1. The number of nitro benzene ring substituents is 1. The first-order valence-electron chi connectivity index (χ1n) is 5.60. The summed E-state index contributed by atoms with van der Waals surface area (Å²) in [6.45, 7) is 3.54. The molecule has 0 aliphatic heterocycles. The molecule has 2 aromatic rings. The number of nitrogens with two attached hydrogens (primary N) is 1. The van der Waals surface area contributed by atoms with Crippen molar-refractivity contribution < 1.29 is 9.34 Å². The molecule has 5 heteroatoms. The van der Waals surface area contributed by atoms with Gasteiger partial charge in [0.05, 0.1) is 11.0 Å². The standard InChI is InChI=1S/C13H14N2O3/c1-8-7-10(3-4-11(8)15(16)17)13-6-5-12(18-13)9(2)14/h3-7,9H,14H2,1-2H3. The van der Waals surface area contributed by atoms with Gasteiger partial charge in [0.1, 0.15) is 11.5 Å². The maximum absolute atomic E-state index is 10.7. The van der Waals surface area contributed by atoms with Crippen LogP contribution in [0.2, 0.25) is 0 Å². The summed E-state index contributed by atoms with van der Waals surface area (Å²) in [5, 5.41) is 10.7. The second-order valence-corrected chi connectivity index (χ2v) is 4.25. The Balaban J connectivity index is 2.39. The molecule has 1 aromatic heterocycles. The second-order valence-electron chi connectivity index (χ2n) is 4.25. The molecule has 2 rings (SSSR count). The molecule has 0 saturated carbocycles. The number of benzene rings is 1. The molecule has 0 saturated heterocycles. The van der Waals surface area contributed by atoms with E-state index in [2.05, 4.69) is 0 Å². The normalized spacial score (nSPS) is 12.4. The van der Waals surface area contributed by atoms with Gasteiger partial charge in [0.15, 0.2) is 0 Å². The SMILES string of the molecule is Cc1cc(-c2ccc(C(C)N)o2)ccc1[N+](=O)[O-]. The van der Waals surface area contributed by atoms with E-state index in [4.69, 9.17) is 10.2 Å². The van der Waals surface area contributed by atoms with E-state index < -0.39 is 4.92 Å². The Kier molecular flexibility index (Phi) is 3.16. The number of hydrogen-bond acceptors (Lipinski definition) is 4. The van der Waals surface area contributed by atoms with Crippen LogP contribution in [0.25, 0.3) is 11.3 Å². The Hall–Kier alpha value is -2.14. The van der Waals surface area contributed by atoms with Crippen LogP contribution in [0.4, 0.5) is 5.69 Å². The van der Waals surface area contributed by atoms with Gasteiger partial charge in [0, 0.05) is 17.2 Å². The third-order valence-electron chi connectivity index (χ3n) is 2.75. The molecule has 0 spiro atoms. The zero-order chi connectivity index (χ0) is 13.3. The minimum atomic E-state index is -0.394. The lowest BCUT2D eigenvalue weighted by Crippen LogP contribution is -2.02. The van der Waals surface area contributed by atoms with Gasteiger partial charge in [-0.05, 0) is 38.1 Å². The first kappa shape index (κ1) is 12.3. The van der Waals surface area contributed by atoms with Crippen LogP contribution >= 0.6 is 0 Å². The van der Waals surface area contributed by atoms with Crippen molar-refractivity contribution in [3.63, 3.8) is 0 Å². The minimum absolute atomic E-state index is 0.109. The summed E-state index contributed by atoms with van der Waals surface area (Å²) < 4.78 is 5.59. The van der Waals surface area contributed by atoms with Crippen molar-refractivity contribution in [2.75, 3.05) is 0 Å². The lowest BCUT2D eigenvalue weighted by Gasteiger charge is -2.02. The Morgan fingerprint density at radius 3 is 2.56 bits per heavy atom. The Morgan fingerprint density at radius 2 is 2.06 bits per heavy atom. The minimum Gasteiger partial charge on any atom is -0.459 e. The van der Waals surface area contributed by atoms with Gasteiger partial charge >= 0.3 is 0 Å². The monoisotopic (exact) mass is 246 g/mol. The van der Waals surface area contributed by atoms with Crippen LogP contribution in [-0.4, -0.2) is 4.92 Å². The number of rotatable bonds is 3. The molecule has 0 fully saturated rings. The quantitative estimate of drug-likeness (QED) is 0.666. The summed E-state index contributed by atoms with van der Waals surface area (Å²) in [6, 6.07) is 8.36. The molecule has 0 amide bonds. The maximum atomic E-state index is 10.7. The molecule has 0 aliphatic carbocycles. The van der Waals surface area contributed by atoms with Gasteiger partial charge in [-0.15, -0.1) is 0 Å². The highest BCUT2D eigenvalue weighted by Crippen LogP contribution is 2.28. The third-order valence-corrected chi connectivity index (χ3v) is 2.75. The largest absolute Gasteiger partial charge is 0.459 e. The summed E-state index contributed by atoms with van der Waals surface area (Å²) in [4.78, 5) is 10.3. The number of nitro groups is 1. The van der Waals surface area contributed by atoms with Crippen LogP contribution in [0.15, 0.2) is 34.7 Å². The highest BCUT2D eigenvalue weighted by molar-refractivity contribution is 5.62. The molecular formula is C13H14N2O3. The third kappa shape index (κ3) is 2.26. The van der Waals surface area contributed by atoms with E-state index in [1.807, 2.05) is 19.1 Å². The predicted molar refractivity (Wildman–Crippen MR) is 68.1 cm³/mol. The fourth-order valence-corrected chi connectivity index (χ4v) is 1.77. The highest BCUT2D eigenvalue weighted by Gasteiger charge is 2.13. The molecule has 1 heterocycles. The van der Waals surface area contributed by atoms with Gasteiger partial charge in [0.2, 0.25) is 0 Å². The van der Waals surface area contributed by atoms with E-state index >= 15 is 0 Å². The molecule has 1 unspecified atom stereocenters. The fourth-order valence-electron chi connectivity index (χ4n) is 1.77. The fraction of sp³-hybridized carbons (Fsp3) is 0.231. The molecular weight excluding hydrogens is 232 g/mol. The van der Waals surface area contributed by atoms with Crippen molar-refractivity contribution in [3.8, 4) is 11.3 Å². The van der Waals surface area contributed by atoms with E-state index in [1.54, 1.807) is 19.1 Å². The predicted octanol–water partition coefficient (Wildman–Crippen LogP) is 3.18. The van der Waals surface area contributed by atoms with Crippen LogP contribution in [-0.2, 0) is 0 Å². The van der Waals surface area contributed by atoms with Gasteiger partial charge in [-0.1, -0.05) is 0 Å². The zero-order valence-electron chi connectivity index (χ0n) is 10.2. The van der Waals surface area contributed by atoms with Gasteiger partial charge in [-0.2, -0.15) is 0 Å². The van der Waals surface area contributed by atoms with Crippen LogP contribution < -0.4 is 5.73 Å². The maximum Gasteiger partial charge on any atom is 0.272 e. The van der Waals surface area contributed by atoms with E-state index in [1.165, 1.54) is 6.07 Å². The second kappa shape index (κ2) is 4.62. The molecule has 0 bridgehead atoms. The van der Waals surface area contributed by atoms with Crippen molar-refractivity contribution in [2.45, 2.75) is 19.9 Å². The van der Waals surface area contributed by atoms with E-state index in [9.17, 15) is 10.1 Å². The lowest BCUT2D eigenvalue weighted by atomic mass is 10.1. The van der Waals surface area contributed by atoms with Crippen molar-refractivity contribution in [2.24, 2.45) is 5.73 Å². The molecule has 2 N–H and O–H groups in total. The van der Waals surface area contributed by atoms with Crippen LogP contribution in [0, 0.1) is 17.0 Å². The van der Waals surface area contributed by atoms with Crippen molar-refractivity contribution in [1.82, 2.24) is 0 Å². The molecule has 0 aliphatic rings. The van der Waals surface area contributed by atoms with Crippen molar-refractivity contribution in [1.29, 1.82) is 0 Å². The molecule has 1 aromatic carbocycles. The average Bonchev–Trinajstić information content (AvgIpc) is 2.77. The van der Waals surface area contributed by atoms with Gasteiger partial charge in [0.25, 0.3) is 5.69 Å². The topological polar surface area (TPSA) is 82.3 Å². The summed E-state index contributed by atoms with van der Waals surface area (Å²) >= 11 is 0. The van der Waals surface area contributed by atoms with Gasteiger partial charge in [-0.3, -0.25) is 10.1 Å². The summed E-state index contributed by atoms with van der Waals surface area (Å²) in [6.07, 6.45) is 0. The molecule has 5 nitrogen and oxygen atoms in total. The average molecular weight is 246 g/mol. The van der Waals surface area contributed by atoms with Crippen LogP contribution in [0.5, 0.6) is 0 Å². The summed E-state index contributed by atoms with van der Waals surface area (Å²) in [5.74, 6) is 1.36.